The largest absolute Gasteiger partial charge is 0.482 e. The predicted octanol–water partition coefficient (Wildman–Crippen LogP) is 5.70. The number of hydrogen-bond donors (Lipinski definition) is 2. The summed E-state index contributed by atoms with van der Waals surface area (Å²) in [7, 11) is 0. The maximum Gasteiger partial charge on any atom is 0.262 e. The summed E-state index contributed by atoms with van der Waals surface area (Å²) in [4.78, 5) is 17.1. The fourth-order valence-corrected chi connectivity index (χ4v) is 4.18. The van der Waals surface area contributed by atoms with Gasteiger partial charge < -0.3 is 15.2 Å². The van der Waals surface area contributed by atoms with E-state index in [1.807, 2.05) is 35.7 Å². The predicted molar refractivity (Wildman–Crippen MR) is 121 cm³/mol. The quantitative estimate of drug-likeness (QED) is 0.388. The van der Waals surface area contributed by atoms with E-state index in [2.05, 4.69) is 10.3 Å². The Balaban J connectivity index is 1.42. The van der Waals surface area contributed by atoms with Gasteiger partial charge in [0.05, 0.1) is 5.02 Å². The summed E-state index contributed by atoms with van der Waals surface area (Å²) in [6.07, 6.45) is 2.58. The van der Waals surface area contributed by atoms with E-state index in [4.69, 9.17) is 27.9 Å². The summed E-state index contributed by atoms with van der Waals surface area (Å²) in [6.45, 7) is -0.239. The molecule has 1 amide bonds. The van der Waals surface area contributed by atoms with Crippen LogP contribution in [0.1, 0.15) is 16.5 Å². The molecule has 2 heterocycles. The van der Waals surface area contributed by atoms with Gasteiger partial charge in [-0.1, -0.05) is 41.4 Å². The standard InChI is InChI=1S/C22H16Cl2N2O3S/c23-20-16(22(28)18-2-1-9-30-18)5-6-17(21(20)24)29-12-19(27)26-15-4-3-14-11-25-8-7-13(14)10-15/h1-11,22,28H,12H2,(H,26,27). The molecule has 1 atom stereocenters. The van der Waals surface area contributed by atoms with Crippen LogP contribution >= 0.6 is 34.5 Å². The van der Waals surface area contributed by atoms with Crippen molar-refractivity contribution in [2.24, 2.45) is 0 Å². The highest BCUT2D eigenvalue weighted by molar-refractivity contribution is 7.10. The number of rotatable bonds is 6. The Hall–Kier alpha value is -2.64. The number of nitrogens with zero attached hydrogens (tertiary/aromatic N) is 1. The van der Waals surface area contributed by atoms with Crippen molar-refractivity contribution in [3.05, 3.63) is 86.8 Å². The minimum atomic E-state index is -0.879. The van der Waals surface area contributed by atoms with Crippen molar-refractivity contribution in [2.75, 3.05) is 11.9 Å². The maximum atomic E-state index is 12.3. The second-order valence-electron chi connectivity index (χ2n) is 6.47. The van der Waals surface area contributed by atoms with E-state index in [0.29, 0.717) is 11.3 Å². The summed E-state index contributed by atoms with van der Waals surface area (Å²) in [6, 6.07) is 14.3. The monoisotopic (exact) mass is 458 g/mol. The van der Waals surface area contributed by atoms with Gasteiger partial charge in [0.2, 0.25) is 0 Å². The van der Waals surface area contributed by atoms with Crippen molar-refractivity contribution in [1.82, 2.24) is 4.98 Å². The number of fused-ring (bicyclic) bond motifs is 1. The Morgan fingerprint density at radius 2 is 2.00 bits per heavy atom. The third kappa shape index (κ3) is 4.42. The maximum absolute atomic E-state index is 12.3. The van der Waals surface area contributed by atoms with Crippen LogP contribution in [0.5, 0.6) is 5.75 Å². The molecule has 0 saturated heterocycles. The van der Waals surface area contributed by atoms with Gasteiger partial charge >= 0.3 is 0 Å². The second kappa shape index (κ2) is 9.02. The molecule has 4 rings (SSSR count). The number of carbonyl (C=O) groups is 1. The summed E-state index contributed by atoms with van der Waals surface area (Å²) in [5, 5.41) is 17.4. The van der Waals surface area contributed by atoms with Gasteiger partial charge in [-0.2, -0.15) is 0 Å². The molecule has 0 aliphatic heterocycles. The minimum absolute atomic E-state index is 0.149. The zero-order chi connectivity index (χ0) is 21.1. The zero-order valence-corrected chi connectivity index (χ0v) is 17.8. The Morgan fingerprint density at radius 1 is 1.13 bits per heavy atom. The molecule has 30 heavy (non-hydrogen) atoms. The van der Waals surface area contributed by atoms with Gasteiger partial charge in [-0.3, -0.25) is 9.78 Å². The number of benzene rings is 2. The van der Waals surface area contributed by atoms with Gasteiger partial charge in [0.1, 0.15) is 16.9 Å². The SMILES string of the molecule is O=C(COc1ccc(C(O)c2cccs2)c(Cl)c1Cl)Nc1ccc2cnccc2c1. The van der Waals surface area contributed by atoms with Crippen LogP contribution in [-0.4, -0.2) is 22.6 Å². The number of pyridine rings is 1. The molecule has 0 aliphatic rings. The lowest BCUT2D eigenvalue weighted by Crippen LogP contribution is -2.20. The first kappa shape index (κ1) is 20.6. The average molecular weight is 459 g/mol. The topological polar surface area (TPSA) is 71.5 Å². The van der Waals surface area contributed by atoms with Crippen LogP contribution in [0.25, 0.3) is 10.8 Å². The Bertz CT molecular complexity index is 1200. The first-order valence-electron chi connectivity index (χ1n) is 8.98. The first-order valence-corrected chi connectivity index (χ1v) is 10.6. The number of carbonyl (C=O) groups excluding carboxylic acids is 1. The third-order valence-electron chi connectivity index (χ3n) is 4.47. The molecule has 2 N–H and O–H groups in total. The number of hydrogen-bond acceptors (Lipinski definition) is 5. The van der Waals surface area contributed by atoms with Crippen LogP contribution in [0.3, 0.4) is 0 Å². The minimum Gasteiger partial charge on any atom is -0.482 e. The molecule has 2 aromatic carbocycles. The van der Waals surface area contributed by atoms with Gasteiger partial charge in [0.25, 0.3) is 5.91 Å². The van der Waals surface area contributed by atoms with Crippen molar-refractivity contribution >= 4 is 56.9 Å². The van der Waals surface area contributed by atoms with Crippen molar-refractivity contribution in [3.63, 3.8) is 0 Å². The van der Waals surface area contributed by atoms with Crippen LogP contribution < -0.4 is 10.1 Å². The van der Waals surface area contributed by atoms with Crippen LogP contribution in [0.15, 0.2) is 66.3 Å². The highest BCUT2D eigenvalue weighted by Gasteiger charge is 2.19. The number of halogens is 2. The van der Waals surface area contributed by atoms with E-state index in [9.17, 15) is 9.90 Å². The van der Waals surface area contributed by atoms with Crippen molar-refractivity contribution < 1.29 is 14.6 Å². The number of aliphatic hydroxyl groups is 1. The van der Waals surface area contributed by atoms with E-state index < -0.39 is 6.10 Å². The lowest BCUT2D eigenvalue weighted by atomic mass is 10.1. The van der Waals surface area contributed by atoms with Gasteiger partial charge in [0.15, 0.2) is 6.61 Å². The van der Waals surface area contributed by atoms with Crippen LogP contribution in [0.4, 0.5) is 5.69 Å². The van der Waals surface area contributed by atoms with E-state index in [0.717, 1.165) is 15.6 Å². The summed E-state index contributed by atoms with van der Waals surface area (Å²) < 4.78 is 5.55. The average Bonchev–Trinajstić information content (AvgIpc) is 3.29. The van der Waals surface area contributed by atoms with Gasteiger partial charge in [-0.05, 0) is 41.1 Å². The van der Waals surface area contributed by atoms with E-state index in [-0.39, 0.29) is 28.3 Å². The molecule has 0 radical (unpaired) electrons. The van der Waals surface area contributed by atoms with E-state index in [1.165, 1.54) is 11.3 Å². The van der Waals surface area contributed by atoms with Gasteiger partial charge in [-0.25, -0.2) is 0 Å². The molecule has 152 valence electrons. The normalized spacial score (nSPS) is 12.0. The number of aromatic nitrogens is 1. The number of anilines is 1. The van der Waals surface area contributed by atoms with E-state index in [1.54, 1.807) is 30.6 Å². The molecule has 4 aromatic rings. The first-order chi connectivity index (χ1) is 14.5. The summed E-state index contributed by atoms with van der Waals surface area (Å²) in [5.41, 5.74) is 1.13. The summed E-state index contributed by atoms with van der Waals surface area (Å²) in [5.74, 6) is -0.0678. The molecule has 0 saturated carbocycles. The molecule has 2 aromatic heterocycles. The number of nitrogens with one attached hydrogen (secondary N) is 1. The molecule has 1 unspecified atom stereocenters. The number of thiophene rings is 1. The summed E-state index contributed by atoms with van der Waals surface area (Å²) >= 11 is 14.1. The zero-order valence-electron chi connectivity index (χ0n) is 15.5. The molecule has 0 aliphatic carbocycles. The second-order valence-corrected chi connectivity index (χ2v) is 8.21. The fraction of sp³-hybridized carbons (Fsp3) is 0.0909. The smallest absolute Gasteiger partial charge is 0.262 e. The number of aliphatic hydroxyl groups excluding tert-OH is 1. The van der Waals surface area contributed by atoms with Gasteiger partial charge in [-0.15, -0.1) is 11.3 Å². The molecule has 0 fully saturated rings. The van der Waals surface area contributed by atoms with Crippen LogP contribution in [0, 0.1) is 0 Å². The Labute approximate surface area is 186 Å². The lowest BCUT2D eigenvalue weighted by Gasteiger charge is -2.15. The molecule has 8 heteroatoms. The molecular formula is C22H16Cl2N2O3S. The fourth-order valence-electron chi connectivity index (χ4n) is 2.97. The third-order valence-corrected chi connectivity index (χ3v) is 6.27. The number of ether oxygens (including phenoxy) is 1. The highest BCUT2D eigenvalue weighted by Crippen LogP contribution is 2.39. The van der Waals surface area contributed by atoms with Gasteiger partial charge in [0, 0.05) is 33.9 Å². The molecule has 0 spiro atoms. The van der Waals surface area contributed by atoms with E-state index >= 15 is 0 Å². The molecule has 0 bridgehead atoms. The molecular weight excluding hydrogens is 443 g/mol. The highest BCUT2D eigenvalue weighted by atomic mass is 35.5. The van der Waals surface area contributed by atoms with Crippen LogP contribution in [0.2, 0.25) is 10.0 Å². The van der Waals surface area contributed by atoms with Crippen molar-refractivity contribution in [2.45, 2.75) is 6.10 Å². The van der Waals surface area contributed by atoms with Crippen molar-refractivity contribution in [1.29, 1.82) is 0 Å². The van der Waals surface area contributed by atoms with Crippen molar-refractivity contribution in [3.8, 4) is 5.75 Å². The van der Waals surface area contributed by atoms with Crippen LogP contribution in [-0.2, 0) is 4.79 Å². The Kier molecular flexibility index (Phi) is 6.20. The molecule has 5 nitrogen and oxygen atoms in total. The lowest BCUT2D eigenvalue weighted by molar-refractivity contribution is -0.118. The number of amides is 1. The Morgan fingerprint density at radius 3 is 2.80 bits per heavy atom.